The second-order valence-corrected chi connectivity index (χ2v) is 6.70. The number of rotatable bonds is 6. The van der Waals surface area contributed by atoms with Crippen LogP contribution in [0.2, 0.25) is 5.02 Å². The van der Waals surface area contributed by atoms with Crippen molar-refractivity contribution in [1.82, 2.24) is 10.2 Å². The van der Waals surface area contributed by atoms with Gasteiger partial charge in [-0.05, 0) is 43.4 Å². The van der Waals surface area contributed by atoms with Crippen molar-refractivity contribution in [3.05, 3.63) is 28.8 Å². The molecule has 1 N–H and O–H groups in total. The van der Waals surface area contributed by atoms with Crippen molar-refractivity contribution in [3.63, 3.8) is 0 Å². The van der Waals surface area contributed by atoms with Crippen LogP contribution in [0, 0.1) is 0 Å². The molecular weight excluding hydrogens is 355 g/mol. The van der Waals surface area contributed by atoms with E-state index in [2.05, 4.69) is 5.32 Å². The second kappa shape index (κ2) is 8.73. The molecule has 2 fully saturated rings. The van der Waals surface area contributed by atoms with E-state index in [4.69, 9.17) is 16.3 Å². The Labute approximate surface area is 174 Å². The zero-order valence-electron chi connectivity index (χ0n) is 14.5. The molecule has 2 unspecified atom stereocenters. The molecule has 1 heterocycles. The first kappa shape index (κ1) is 20.5. The second-order valence-electron chi connectivity index (χ2n) is 6.29. The van der Waals surface area contributed by atoms with Crippen LogP contribution in [0.25, 0.3) is 0 Å². The molecule has 0 aromatic heterocycles. The number of hydrogen-bond acceptors (Lipinski definition) is 5. The molecule has 3 rings (SSSR count). The van der Waals surface area contributed by atoms with Gasteiger partial charge in [0.25, 0.3) is 0 Å². The number of benzene rings is 1. The average molecular weight is 375 g/mol. The molecule has 130 valence electrons. The first-order chi connectivity index (χ1) is 11.5. The Hall–Kier alpha value is -0.790. The molecule has 2 aliphatic rings. The minimum atomic E-state index is -1.08. The summed E-state index contributed by atoms with van der Waals surface area (Å²) in [4.78, 5) is 25.6. The number of halogens is 1. The summed E-state index contributed by atoms with van der Waals surface area (Å²) in [5, 5.41) is 14.7. The predicted molar refractivity (Wildman–Crippen MR) is 86.5 cm³/mol. The molecule has 1 saturated carbocycles. The molecule has 1 amide bonds. The largest absolute Gasteiger partial charge is 1.00 e. The van der Waals surface area contributed by atoms with Crippen molar-refractivity contribution < 1.29 is 49.0 Å². The van der Waals surface area contributed by atoms with Crippen LogP contribution in [0.1, 0.15) is 31.2 Å². The Morgan fingerprint density at radius 2 is 1.96 bits per heavy atom. The van der Waals surface area contributed by atoms with Crippen LogP contribution < -0.4 is 44.7 Å². The van der Waals surface area contributed by atoms with Crippen LogP contribution >= 0.6 is 11.6 Å². The van der Waals surface area contributed by atoms with Gasteiger partial charge in [0.15, 0.2) is 0 Å². The van der Waals surface area contributed by atoms with Gasteiger partial charge in [-0.15, -0.1) is 0 Å². The molecule has 0 bridgehead atoms. The predicted octanol–water partition coefficient (Wildman–Crippen LogP) is -2.29. The Kier molecular flexibility index (Phi) is 7.17. The topological polar surface area (TPSA) is 81.7 Å². The molecule has 0 spiro atoms. The summed E-state index contributed by atoms with van der Waals surface area (Å²) in [6, 6.07) is 4.47. The summed E-state index contributed by atoms with van der Waals surface area (Å²) in [5.41, 5.74) is 0.872. The van der Waals surface area contributed by atoms with E-state index < -0.39 is 18.1 Å². The fraction of sp³-hybridized carbons (Fsp3) is 0.529. The van der Waals surface area contributed by atoms with Crippen molar-refractivity contribution in [1.29, 1.82) is 0 Å². The number of carbonyl (C=O) groups excluding carboxylic acids is 2. The maximum Gasteiger partial charge on any atom is 1.00 e. The third-order valence-electron chi connectivity index (χ3n) is 4.66. The standard InChI is InChI=1S/C17H21ClN2O4.Na/c1-24-15-8-10(2-5-12(15)18)9-19-16(21)13-6-7-14(17(22)23)20(13)11-3-4-11;/h2,5,8,11,13-14H,3-4,6-7,9H2,1H3,(H,19,21)(H,22,23);/q;+1/p-1. The number of aliphatic carboxylic acids is 1. The smallest absolute Gasteiger partial charge is 0.548 e. The maximum absolute atomic E-state index is 12.5. The summed E-state index contributed by atoms with van der Waals surface area (Å²) >= 11 is 5.99. The van der Waals surface area contributed by atoms with Gasteiger partial charge in [0, 0.05) is 12.6 Å². The van der Waals surface area contributed by atoms with E-state index in [1.54, 1.807) is 12.1 Å². The van der Waals surface area contributed by atoms with Gasteiger partial charge in [-0.3, -0.25) is 9.69 Å². The Bertz CT molecular complexity index is 654. The number of carboxylic acid groups (broad SMARTS) is 1. The zero-order valence-corrected chi connectivity index (χ0v) is 17.2. The average Bonchev–Trinajstić information content (AvgIpc) is 3.31. The van der Waals surface area contributed by atoms with Gasteiger partial charge in [-0.2, -0.15) is 0 Å². The Morgan fingerprint density at radius 3 is 2.56 bits per heavy atom. The maximum atomic E-state index is 12.5. The van der Waals surface area contributed by atoms with E-state index in [-0.39, 0.29) is 41.5 Å². The van der Waals surface area contributed by atoms with Gasteiger partial charge in [0.2, 0.25) is 5.91 Å². The molecule has 0 radical (unpaired) electrons. The van der Waals surface area contributed by atoms with Crippen LogP contribution in [0.5, 0.6) is 5.75 Å². The van der Waals surface area contributed by atoms with Gasteiger partial charge >= 0.3 is 29.6 Å². The Morgan fingerprint density at radius 1 is 1.28 bits per heavy atom. The van der Waals surface area contributed by atoms with Crippen molar-refractivity contribution >= 4 is 23.5 Å². The molecule has 1 saturated heterocycles. The molecule has 1 aromatic rings. The fourth-order valence-corrected chi connectivity index (χ4v) is 3.53. The fourth-order valence-electron chi connectivity index (χ4n) is 3.34. The zero-order chi connectivity index (χ0) is 17.3. The van der Waals surface area contributed by atoms with Gasteiger partial charge in [0.05, 0.1) is 30.2 Å². The van der Waals surface area contributed by atoms with Crippen molar-refractivity contribution in [2.45, 2.75) is 50.4 Å². The van der Waals surface area contributed by atoms with E-state index in [9.17, 15) is 14.7 Å². The number of nitrogens with one attached hydrogen (secondary N) is 1. The minimum Gasteiger partial charge on any atom is -0.548 e. The molecule has 8 heteroatoms. The quantitative estimate of drug-likeness (QED) is 0.567. The first-order valence-corrected chi connectivity index (χ1v) is 8.47. The van der Waals surface area contributed by atoms with Crippen molar-refractivity contribution in [3.8, 4) is 5.75 Å². The summed E-state index contributed by atoms with van der Waals surface area (Å²) in [6.45, 7) is 0.345. The number of methoxy groups -OCH3 is 1. The van der Waals surface area contributed by atoms with E-state index in [0.29, 0.717) is 30.2 Å². The molecule has 1 aliphatic heterocycles. The summed E-state index contributed by atoms with van der Waals surface area (Å²) in [7, 11) is 1.54. The molecule has 6 nitrogen and oxygen atoms in total. The number of likely N-dealkylation sites (tertiary alicyclic amines) is 1. The molecule has 2 atom stereocenters. The molecular formula is C17H20ClN2NaO4. The number of ether oxygens (including phenoxy) is 1. The number of carbonyl (C=O) groups is 2. The monoisotopic (exact) mass is 374 g/mol. The summed E-state index contributed by atoms with van der Waals surface area (Å²) in [5.74, 6) is -0.667. The van der Waals surface area contributed by atoms with Gasteiger partial charge in [-0.1, -0.05) is 17.7 Å². The number of hydrogen-bond donors (Lipinski definition) is 1. The number of amides is 1. The van der Waals surface area contributed by atoms with Crippen molar-refractivity contribution in [2.24, 2.45) is 0 Å². The summed E-state index contributed by atoms with van der Waals surface area (Å²) in [6.07, 6.45) is 2.90. The van der Waals surface area contributed by atoms with E-state index in [1.807, 2.05) is 11.0 Å². The normalized spacial score (nSPS) is 23.0. The van der Waals surface area contributed by atoms with E-state index >= 15 is 0 Å². The molecule has 25 heavy (non-hydrogen) atoms. The number of carboxylic acids is 1. The number of nitrogens with zero attached hydrogens (tertiary/aromatic N) is 1. The first-order valence-electron chi connectivity index (χ1n) is 8.09. The van der Waals surface area contributed by atoms with E-state index in [0.717, 1.165) is 18.4 Å². The van der Waals surface area contributed by atoms with Gasteiger partial charge in [0.1, 0.15) is 5.75 Å². The van der Waals surface area contributed by atoms with Crippen LogP contribution in [0.4, 0.5) is 0 Å². The third-order valence-corrected chi connectivity index (χ3v) is 4.97. The molecule has 1 aromatic carbocycles. The minimum absolute atomic E-state index is 0. The Balaban J connectivity index is 0.00000225. The van der Waals surface area contributed by atoms with Gasteiger partial charge in [-0.25, -0.2) is 0 Å². The molecule has 1 aliphatic carbocycles. The van der Waals surface area contributed by atoms with Crippen molar-refractivity contribution in [2.75, 3.05) is 7.11 Å². The van der Waals surface area contributed by atoms with Crippen LogP contribution in [-0.2, 0) is 16.1 Å². The third kappa shape index (κ3) is 4.68. The van der Waals surface area contributed by atoms with Crippen LogP contribution in [0.3, 0.4) is 0 Å². The summed E-state index contributed by atoms with van der Waals surface area (Å²) < 4.78 is 5.16. The SMILES string of the molecule is COc1cc(CNC(=O)C2CCC(C(=O)[O-])N2C2CC2)ccc1Cl.[Na+]. The van der Waals surface area contributed by atoms with Gasteiger partial charge < -0.3 is 20.0 Å². The van der Waals surface area contributed by atoms with E-state index in [1.165, 1.54) is 7.11 Å². The van der Waals surface area contributed by atoms with Crippen LogP contribution in [-0.4, -0.2) is 42.0 Å². The van der Waals surface area contributed by atoms with Crippen LogP contribution in [0.15, 0.2) is 18.2 Å².